The van der Waals surface area contributed by atoms with Gasteiger partial charge in [-0.2, -0.15) is 0 Å². The molecule has 6 rings (SSSR count). The fraction of sp³-hybridized carbons (Fsp3) is 0.643. The molecule has 9 heteroatoms. The van der Waals surface area contributed by atoms with E-state index in [4.69, 9.17) is 27.9 Å². The molecule has 4 aliphatic rings. The average molecular weight is 747 g/mol. The third kappa shape index (κ3) is 15.0. The van der Waals surface area contributed by atoms with E-state index in [9.17, 15) is 15.0 Å². The first-order valence-electron chi connectivity index (χ1n) is 18.5. The van der Waals surface area contributed by atoms with Gasteiger partial charge < -0.3 is 25.2 Å². The topological polar surface area (TPSA) is 85.3 Å². The highest BCUT2D eigenvalue weighted by atomic mass is 35.5. The summed E-state index contributed by atoms with van der Waals surface area (Å²) < 4.78 is 5.50. The van der Waals surface area contributed by atoms with Crippen LogP contribution in [0.15, 0.2) is 60.7 Å². The predicted octanol–water partition coefficient (Wildman–Crippen LogP) is 9.25. The predicted molar refractivity (Wildman–Crippen MR) is 213 cm³/mol. The highest BCUT2D eigenvalue weighted by Crippen LogP contribution is 2.34. The van der Waals surface area contributed by atoms with E-state index in [0.717, 1.165) is 48.6 Å². The summed E-state index contributed by atoms with van der Waals surface area (Å²) in [5.74, 6) is 0. The number of carbonyl (C=O) groups is 1. The number of nitrogens with zero attached hydrogens (tertiary/aromatic N) is 2. The number of piperidine rings is 1. The van der Waals surface area contributed by atoms with Crippen LogP contribution < -0.4 is 5.32 Å². The van der Waals surface area contributed by atoms with Gasteiger partial charge >= 0.3 is 6.09 Å². The highest BCUT2D eigenvalue weighted by molar-refractivity contribution is 6.30. The second-order valence-corrected chi connectivity index (χ2v) is 17.3. The van der Waals surface area contributed by atoms with Crippen molar-refractivity contribution in [2.24, 2.45) is 0 Å². The Bertz CT molecular complexity index is 1360. The Morgan fingerprint density at radius 3 is 1.86 bits per heavy atom. The maximum absolute atomic E-state index is 12.3. The van der Waals surface area contributed by atoms with Gasteiger partial charge in [-0.15, -0.1) is 0 Å². The van der Waals surface area contributed by atoms with Crippen molar-refractivity contribution >= 4 is 29.3 Å². The highest BCUT2D eigenvalue weighted by Gasteiger charge is 2.43. The van der Waals surface area contributed by atoms with E-state index in [-0.39, 0.29) is 13.5 Å². The molecule has 1 amide bonds. The number of ether oxygens (including phenoxy) is 1. The van der Waals surface area contributed by atoms with Crippen LogP contribution in [0, 0.1) is 0 Å². The molecule has 3 N–H and O–H groups in total. The minimum Gasteiger partial charge on any atom is -0.444 e. The number of β-amino-alcohol motifs (C(OH)–C–C–N with tert-alkyl or cyclic N) is 2. The summed E-state index contributed by atoms with van der Waals surface area (Å²) in [6.07, 6.45) is 11.8. The van der Waals surface area contributed by atoms with Gasteiger partial charge in [0.2, 0.25) is 0 Å². The first-order valence-corrected chi connectivity index (χ1v) is 19.3. The van der Waals surface area contributed by atoms with Gasteiger partial charge in [-0.1, -0.05) is 73.5 Å². The third-order valence-electron chi connectivity index (χ3n) is 10.1. The Morgan fingerprint density at radius 2 is 1.41 bits per heavy atom. The summed E-state index contributed by atoms with van der Waals surface area (Å²) in [5.41, 5.74) is 2.28. The van der Waals surface area contributed by atoms with Crippen LogP contribution >= 0.6 is 23.2 Å². The normalized spacial score (nSPS) is 27.1. The molecule has 51 heavy (non-hydrogen) atoms. The molecule has 3 heterocycles. The lowest BCUT2D eigenvalue weighted by molar-refractivity contribution is 0.0105. The fourth-order valence-corrected chi connectivity index (χ4v) is 7.82. The summed E-state index contributed by atoms with van der Waals surface area (Å²) in [6, 6.07) is 16.9. The number of carbonyl (C=O) groups excluding carboxylic acids is 1. The number of amides is 1. The van der Waals surface area contributed by atoms with E-state index in [1.165, 1.54) is 48.8 Å². The van der Waals surface area contributed by atoms with Gasteiger partial charge in [-0.25, -0.2) is 4.79 Å². The van der Waals surface area contributed by atoms with Gasteiger partial charge in [0.1, 0.15) is 5.60 Å². The van der Waals surface area contributed by atoms with Gasteiger partial charge in [-0.3, -0.25) is 4.90 Å². The van der Waals surface area contributed by atoms with Gasteiger partial charge in [-0.05, 0) is 134 Å². The molecule has 286 valence electrons. The number of rotatable bonds is 5. The number of hydrogen-bond donors (Lipinski definition) is 3. The third-order valence-corrected chi connectivity index (χ3v) is 10.6. The molecule has 2 unspecified atom stereocenters. The van der Waals surface area contributed by atoms with Crippen molar-refractivity contribution in [3.05, 3.63) is 81.9 Å². The Balaban J connectivity index is 0.000000253. The minimum absolute atomic E-state index is 0. The lowest BCUT2D eigenvalue weighted by atomic mass is 9.97. The summed E-state index contributed by atoms with van der Waals surface area (Å²) in [4.78, 5) is 16.6. The minimum atomic E-state index is -0.667. The van der Waals surface area contributed by atoms with Crippen LogP contribution in [-0.4, -0.2) is 87.2 Å². The maximum Gasteiger partial charge on any atom is 0.410 e. The number of aliphatic hydroxyl groups is 2. The SMILES string of the molecule is C.C=C1CCCCC1.CC1(O)CN[C@@H](Cc2ccc(Cl)cc2)C1.CC1(O)C[C@H](Cc2ccc(Cl)cc2)N(C2CCN(C(=O)OC(C)(C)C)CC2)C1. The Kier molecular flexibility index (Phi) is 16.4. The molecule has 0 aromatic heterocycles. The van der Waals surface area contributed by atoms with Crippen LogP contribution in [0.4, 0.5) is 4.79 Å². The van der Waals surface area contributed by atoms with E-state index < -0.39 is 16.8 Å². The largest absolute Gasteiger partial charge is 0.444 e. The first-order chi connectivity index (χ1) is 23.5. The zero-order chi connectivity index (χ0) is 36.5. The van der Waals surface area contributed by atoms with E-state index in [1.807, 2.05) is 75.9 Å². The standard InChI is InChI=1S/C22H33ClN2O3.C12H16ClNO.C7H12.CH4/c1-21(2,3)28-20(26)24-11-9-18(10-12-24)25-15-22(4,27)14-19(25)13-16-5-7-17(23)8-6-16;1-12(15)7-11(14-8-12)6-9-2-4-10(13)5-3-9;1-7-5-3-2-4-6-7;/h5-8,18-19,27H,9-15H2,1-4H3;2-5,11,14-15H,6-8H2,1H3;1-6H2;1H4/t19-,22?;11-,12?;;/m00../s1. The molecule has 7 nitrogen and oxygen atoms in total. The molecule has 0 spiro atoms. The van der Waals surface area contributed by atoms with Crippen LogP contribution in [0.2, 0.25) is 10.0 Å². The van der Waals surface area contributed by atoms with Gasteiger partial charge in [0.25, 0.3) is 0 Å². The molecule has 4 atom stereocenters. The van der Waals surface area contributed by atoms with Crippen molar-refractivity contribution in [3.63, 3.8) is 0 Å². The van der Waals surface area contributed by atoms with E-state index in [1.54, 1.807) is 0 Å². The quantitative estimate of drug-likeness (QED) is 0.265. The number of allylic oxidation sites excluding steroid dienone is 1. The van der Waals surface area contributed by atoms with E-state index in [0.29, 0.717) is 44.3 Å². The molecule has 0 bridgehead atoms. The molecule has 2 aromatic rings. The number of nitrogens with one attached hydrogen (secondary N) is 1. The van der Waals surface area contributed by atoms with Crippen LogP contribution in [0.1, 0.15) is 111 Å². The fourth-order valence-electron chi connectivity index (χ4n) is 7.57. The van der Waals surface area contributed by atoms with Gasteiger partial charge in [0, 0.05) is 54.3 Å². The summed E-state index contributed by atoms with van der Waals surface area (Å²) in [7, 11) is 0. The van der Waals surface area contributed by atoms with Gasteiger partial charge in [0.05, 0.1) is 11.2 Å². The van der Waals surface area contributed by atoms with Crippen LogP contribution in [0.5, 0.6) is 0 Å². The molecular weight excluding hydrogens is 681 g/mol. The van der Waals surface area contributed by atoms with Gasteiger partial charge in [0.15, 0.2) is 0 Å². The van der Waals surface area contributed by atoms with Crippen molar-refractivity contribution in [2.45, 2.75) is 148 Å². The number of halogens is 2. The molecule has 1 aliphatic carbocycles. The Morgan fingerprint density at radius 1 is 0.882 bits per heavy atom. The Hall–Kier alpha value is -2.13. The number of hydrogen-bond acceptors (Lipinski definition) is 6. The van der Waals surface area contributed by atoms with Crippen LogP contribution in [-0.2, 0) is 17.6 Å². The van der Waals surface area contributed by atoms with Crippen molar-refractivity contribution in [1.82, 2.24) is 15.1 Å². The van der Waals surface area contributed by atoms with Crippen LogP contribution in [0.25, 0.3) is 0 Å². The van der Waals surface area contributed by atoms with E-state index >= 15 is 0 Å². The zero-order valence-electron chi connectivity index (χ0n) is 31.0. The average Bonchev–Trinajstić information content (AvgIpc) is 3.55. The molecule has 2 aromatic carbocycles. The van der Waals surface area contributed by atoms with Crippen molar-refractivity contribution < 1.29 is 19.7 Å². The number of likely N-dealkylation sites (tertiary alicyclic amines) is 2. The lowest BCUT2D eigenvalue weighted by Gasteiger charge is -2.39. The van der Waals surface area contributed by atoms with Crippen molar-refractivity contribution in [1.29, 1.82) is 0 Å². The second kappa shape index (κ2) is 19.3. The van der Waals surface area contributed by atoms with Crippen LogP contribution in [0.3, 0.4) is 0 Å². The maximum atomic E-state index is 12.3. The zero-order valence-corrected chi connectivity index (χ0v) is 32.5. The summed E-state index contributed by atoms with van der Waals surface area (Å²) in [6.45, 7) is 16.2. The molecule has 3 aliphatic heterocycles. The molecule has 1 saturated carbocycles. The van der Waals surface area contributed by atoms with Crippen molar-refractivity contribution in [3.8, 4) is 0 Å². The summed E-state index contributed by atoms with van der Waals surface area (Å²) >= 11 is 11.8. The number of benzene rings is 2. The Labute approximate surface area is 318 Å². The molecule has 0 radical (unpaired) electrons. The monoisotopic (exact) mass is 745 g/mol. The van der Waals surface area contributed by atoms with E-state index in [2.05, 4.69) is 28.9 Å². The smallest absolute Gasteiger partial charge is 0.410 e. The van der Waals surface area contributed by atoms with Crippen molar-refractivity contribution in [2.75, 3.05) is 26.2 Å². The first kappa shape index (κ1) is 43.3. The molecule has 3 saturated heterocycles. The lowest BCUT2D eigenvalue weighted by Crippen LogP contribution is -2.50. The molecular formula is C42H65Cl2N3O4. The molecule has 4 fully saturated rings. The second-order valence-electron chi connectivity index (χ2n) is 16.5. The summed E-state index contributed by atoms with van der Waals surface area (Å²) in [5, 5.41) is 25.4.